The van der Waals surface area contributed by atoms with Crippen LogP contribution in [-0.2, 0) is 14.3 Å². The molecule has 7 N–H and O–H groups in total. The van der Waals surface area contributed by atoms with Crippen molar-refractivity contribution in [1.82, 2.24) is 5.32 Å². The molecule has 1 aliphatic rings. The average Bonchev–Trinajstić information content (AvgIpc) is 3.39. The third kappa shape index (κ3) is 41.4. The molecule has 8 atom stereocenters. The number of hydrogen-bond acceptors (Lipinski definition) is 9. The van der Waals surface area contributed by atoms with Gasteiger partial charge in [-0.2, -0.15) is 0 Å². The zero-order valence-electron chi connectivity index (χ0n) is 47.8. The molecule has 73 heavy (non-hydrogen) atoms. The molecule has 1 heterocycles. The van der Waals surface area contributed by atoms with E-state index in [-0.39, 0.29) is 6.61 Å². The van der Waals surface area contributed by atoms with E-state index in [4.69, 9.17) is 9.47 Å². The molecular weight excluding hydrogens is 915 g/mol. The first-order valence-corrected chi connectivity index (χ1v) is 31.7. The molecule has 8 unspecified atom stereocenters. The van der Waals surface area contributed by atoms with Crippen molar-refractivity contribution in [3.63, 3.8) is 0 Å². The number of carbonyl (C=O) groups excluding carboxylic acids is 1. The van der Waals surface area contributed by atoms with Crippen molar-refractivity contribution >= 4 is 5.91 Å². The van der Waals surface area contributed by atoms with E-state index >= 15 is 0 Å². The fourth-order valence-electron chi connectivity index (χ4n) is 10.3. The third-order valence-corrected chi connectivity index (χ3v) is 15.4. The fourth-order valence-corrected chi connectivity index (χ4v) is 10.3. The molecule has 0 spiro atoms. The summed E-state index contributed by atoms with van der Waals surface area (Å²) in [6.45, 7) is 3.61. The summed E-state index contributed by atoms with van der Waals surface area (Å²) in [6, 6.07) is -0.994. The molecule has 0 saturated carbocycles. The number of ether oxygens (including phenoxy) is 2. The second-order valence-electron chi connectivity index (χ2n) is 22.3. The Balaban J connectivity index is 2.07. The highest BCUT2D eigenvalue weighted by Crippen LogP contribution is 2.23. The summed E-state index contributed by atoms with van der Waals surface area (Å²) in [6.07, 6.45) is 57.7. The number of amides is 1. The molecule has 1 rings (SSSR count). The Kier molecular flexibility index (Phi) is 50.3. The van der Waals surface area contributed by atoms with Gasteiger partial charge >= 0.3 is 0 Å². The van der Waals surface area contributed by atoms with Crippen molar-refractivity contribution in [2.24, 2.45) is 0 Å². The summed E-state index contributed by atoms with van der Waals surface area (Å²) in [5.74, 6) is -0.621. The van der Waals surface area contributed by atoms with Gasteiger partial charge in [0, 0.05) is 0 Å². The summed E-state index contributed by atoms with van der Waals surface area (Å²) < 4.78 is 11.2. The van der Waals surface area contributed by atoms with Crippen LogP contribution in [-0.4, -0.2) is 98.7 Å². The van der Waals surface area contributed by atoms with E-state index in [2.05, 4.69) is 31.3 Å². The van der Waals surface area contributed by atoms with Crippen molar-refractivity contribution in [2.45, 2.75) is 358 Å². The number of hydrogen-bond donors (Lipinski definition) is 7. The molecule has 0 aromatic heterocycles. The highest BCUT2D eigenvalue weighted by molar-refractivity contribution is 5.80. The maximum Gasteiger partial charge on any atom is 0.249 e. The van der Waals surface area contributed by atoms with Crippen molar-refractivity contribution in [1.29, 1.82) is 0 Å². The van der Waals surface area contributed by atoms with Crippen LogP contribution in [0.25, 0.3) is 0 Å². The Morgan fingerprint density at radius 3 is 1.19 bits per heavy atom. The van der Waals surface area contributed by atoms with E-state index in [1.54, 1.807) is 6.08 Å². The van der Waals surface area contributed by atoms with Crippen LogP contribution in [0.3, 0.4) is 0 Å². The number of allylic oxidation sites excluding steroid dienone is 3. The number of unbranched alkanes of at least 4 members (excludes halogenated alkanes) is 42. The summed E-state index contributed by atoms with van der Waals surface area (Å²) in [5, 5.41) is 64.9. The lowest BCUT2D eigenvalue weighted by molar-refractivity contribution is -0.302. The van der Waals surface area contributed by atoms with E-state index < -0.39 is 61.5 Å². The van der Waals surface area contributed by atoms with Gasteiger partial charge < -0.3 is 45.4 Å². The molecule has 10 nitrogen and oxygen atoms in total. The molecule has 1 aliphatic heterocycles. The average molecular weight is 1040 g/mol. The lowest BCUT2D eigenvalue weighted by atomic mass is 9.99. The molecule has 432 valence electrons. The molecule has 1 saturated heterocycles. The van der Waals surface area contributed by atoms with E-state index in [9.17, 15) is 35.4 Å². The third-order valence-electron chi connectivity index (χ3n) is 15.4. The van der Waals surface area contributed by atoms with Crippen molar-refractivity contribution in [3.05, 3.63) is 24.3 Å². The molecule has 0 aromatic rings. The second-order valence-corrected chi connectivity index (χ2v) is 22.3. The summed E-state index contributed by atoms with van der Waals surface area (Å²) >= 11 is 0. The molecule has 1 fully saturated rings. The van der Waals surface area contributed by atoms with E-state index in [0.29, 0.717) is 12.8 Å². The normalized spacial score (nSPS) is 19.6. The minimum Gasteiger partial charge on any atom is -0.394 e. The van der Waals surface area contributed by atoms with Crippen LogP contribution in [0.2, 0.25) is 0 Å². The summed E-state index contributed by atoms with van der Waals surface area (Å²) in [7, 11) is 0. The van der Waals surface area contributed by atoms with E-state index in [1.807, 2.05) is 6.08 Å². The SMILES string of the molecule is CCCCCCCC/C=C/CC/C=C/C(O)C(COC1OC(CO)C(O)C(O)C1O)NC(=O)C(O)CCCCCCCCCCCCCCCCCCCCCCCCCCCCCCCCCCCCCC. The van der Waals surface area contributed by atoms with Gasteiger partial charge in [0.1, 0.15) is 30.5 Å². The van der Waals surface area contributed by atoms with E-state index in [1.165, 1.54) is 244 Å². The van der Waals surface area contributed by atoms with Crippen LogP contribution in [0.15, 0.2) is 24.3 Å². The van der Waals surface area contributed by atoms with Crippen molar-refractivity contribution in [2.75, 3.05) is 13.2 Å². The minimum atomic E-state index is -1.61. The second kappa shape index (κ2) is 52.7. The van der Waals surface area contributed by atoms with Gasteiger partial charge in [0.15, 0.2) is 6.29 Å². The van der Waals surface area contributed by atoms with Crippen LogP contribution in [0.5, 0.6) is 0 Å². The molecule has 10 heteroatoms. The number of nitrogens with one attached hydrogen (secondary N) is 1. The van der Waals surface area contributed by atoms with Crippen molar-refractivity contribution in [3.8, 4) is 0 Å². The Labute approximate surface area is 450 Å². The van der Waals surface area contributed by atoms with Gasteiger partial charge in [-0.1, -0.05) is 301 Å². The molecule has 0 bridgehead atoms. The Morgan fingerprint density at radius 2 is 0.808 bits per heavy atom. The van der Waals surface area contributed by atoms with Crippen LogP contribution >= 0.6 is 0 Å². The van der Waals surface area contributed by atoms with Crippen LogP contribution in [0.4, 0.5) is 0 Å². The number of aliphatic hydroxyl groups is 6. The van der Waals surface area contributed by atoms with Gasteiger partial charge in [-0.25, -0.2) is 0 Å². The van der Waals surface area contributed by atoms with Crippen LogP contribution < -0.4 is 5.32 Å². The first kappa shape index (κ1) is 69.6. The molecule has 0 radical (unpaired) electrons. The predicted octanol–water partition coefficient (Wildman–Crippen LogP) is 15.1. The highest BCUT2D eigenvalue weighted by atomic mass is 16.7. The molecule has 1 amide bonds. The zero-order valence-corrected chi connectivity index (χ0v) is 47.8. The lowest BCUT2D eigenvalue weighted by Gasteiger charge is -2.40. The molecular formula is C63H121NO9. The van der Waals surface area contributed by atoms with Gasteiger partial charge in [-0.3, -0.25) is 4.79 Å². The zero-order chi connectivity index (χ0) is 53.1. The maximum absolute atomic E-state index is 13.1. The van der Waals surface area contributed by atoms with E-state index in [0.717, 1.165) is 38.5 Å². The topological polar surface area (TPSA) is 169 Å². The van der Waals surface area contributed by atoms with Gasteiger partial charge in [0.25, 0.3) is 0 Å². The number of carbonyl (C=O) groups is 1. The Hall–Kier alpha value is -1.37. The Bertz CT molecular complexity index is 1220. The summed E-state index contributed by atoms with van der Waals surface area (Å²) in [5.41, 5.74) is 0. The summed E-state index contributed by atoms with van der Waals surface area (Å²) in [4.78, 5) is 13.1. The predicted molar refractivity (Wildman–Crippen MR) is 306 cm³/mol. The highest BCUT2D eigenvalue weighted by Gasteiger charge is 2.44. The van der Waals surface area contributed by atoms with Crippen LogP contribution in [0, 0.1) is 0 Å². The quantitative estimate of drug-likeness (QED) is 0.0232. The van der Waals surface area contributed by atoms with Crippen LogP contribution in [0.1, 0.15) is 309 Å². The monoisotopic (exact) mass is 1040 g/mol. The number of rotatable bonds is 55. The van der Waals surface area contributed by atoms with Gasteiger partial charge in [-0.15, -0.1) is 0 Å². The lowest BCUT2D eigenvalue weighted by Crippen LogP contribution is -2.60. The van der Waals surface area contributed by atoms with Gasteiger partial charge in [0.2, 0.25) is 5.91 Å². The maximum atomic E-state index is 13.1. The minimum absolute atomic E-state index is 0.308. The molecule has 0 aliphatic carbocycles. The number of aliphatic hydroxyl groups excluding tert-OH is 6. The van der Waals surface area contributed by atoms with Gasteiger partial charge in [0.05, 0.1) is 25.4 Å². The van der Waals surface area contributed by atoms with Gasteiger partial charge in [-0.05, 0) is 32.1 Å². The first-order chi connectivity index (χ1) is 35.8. The standard InChI is InChI=1S/C63H121NO9/c1-3-5-7-9-11-13-15-17-18-19-20-21-22-23-24-25-26-27-28-29-30-31-32-33-34-35-36-37-38-39-40-42-44-46-48-50-52-57(67)62(71)64-55(54-72-63-61(70)60(69)59(68)58(53-65)73-63)56(66)51-49-47-45-43-41-16-14-12-10-8-6-4-2/h41,43,49,51,55-61,63,65-70H,3-40,42,44-48,50,52-54H2,1-2H3,(H,64,71)/b43-41+,51-49+. The molecule has 0 aromatic carbocycles. The first-order valence-electron chi connectivity index (χ1n) is 31.7. The fraction of sp³-hybridized carbons (Fsp3) is 0.921. The van der Waals surface area contributed by atoms with Crippen molar-refractivity contribution < 1.29 is 44.9 Å². The Morgan fingerprint density at radius 1 is 0.466 bits per heavy atom. The smallest absolute Gasteiger partial charge is 0.249 e. The largest absolute Gasteiger partial charge is 0.394 e.